The standard InChI is InChI=1S/C84H46N10O/c1-86-50-27-34-77-64(39-50)61-19-7-13-25-75(61)91(77)52-28-31-66-80(43-52)95-81-44-53(92-78-35-30-51(40-65(78)62-36-37-87-48-79(62)92)90-74-24-12-6-18-60(74)63-38-49(45-85)26-33-76(63)90)29-32-67(81)84(66)68-41-54(93-70-20-8-2-14-56(70)57-15-3-9-21-71(57)93)46-88-82(68)83-69(84)42-55(47-89-83)94-72-22-10-4-16-58(72)59-17-5-11-23-73(59)94/h2-44,46-48H. The largest absolute Gasteiger partial charge is 0.457 e. The van der Waals surface area contributed by atoms with Crippen molar-refractivity contribution in [2.45, 2.75) is 5.41 Å². The summed E-state index contributed by atoms with van der Waals surface area (Å²) < 4.78 is 19.3. The van der Waals surface area contributed by atoms with Crippen molar-refractivity contribution in [3.05, 3.63) is 319 Å². The molecule has 0 amide bonds. The van der Waals surface area contributed by atoms with E-state index < -0.39 is 5.41 Å². The lowest BCUT2D eigenvalue weighted by molar-refractivity contribution is 0.436. The summed E-state index contributed by atoms with van der Waals surface area (Å²) in [5.74, 6) is 1.36. The molecule has 0 saturated carbocycles. The molecular formula is C84H46N10O. The minimum absolute atomic E-state index is 0.586. The highest BCUT2D eigenvalue weighted by atomic mass is 16.5. The summed E-state index contributed by atoms with van der Waals surface area (Å²) in [4.78, 5) is 19.9. The number of hydrogen-bond donors (Lipinski definition) is 0. The molecule has 0 unspecified atom stereocenters. The molecule has 1 aliphatic carbocycles. The molecule has 0 atom stereocenters. The maximum absolute atomic E-state index is 9.99. The van der Waals surface area contributed by atoms with Gasteiger partial charge in [0, 0.05) is 106 Å². The van der Waals surface area contributed by atoms with Crippen molar-refractivity contribution in [3.8, 4) is 57.4 Å². The smallest absolute Gasteiger partial charge is 0.188 e. The van der Waals surface area contributed by atoms with E-state index in [0.29, 0.717) is 22.7 Å². The molecule has 0 N–H and O–H groups in total. The van der Waals surface area contributed by atoms with Gasteiger partial charge in [0.05, 0.1) is 120 Å². The van der Waals surface area contributed by atoms with Crippen LogP contribution in [0.25, 0.3) is 154 Å². The van der Waals surface area contributed by atoms with E-state index in [-0.39, 0.29) is 0 Å². The fourth-order valence-electron chi connectivity index (χ4n) is 16.5. The van der Waals surface area contributed by atoms with Crippen molar-refractivity contribution in [3.63, 3.8) is 0 Å². The molecule has 1 aliphatic heterocycles. The van der Waals surface area contributed by atoms with Crippen LogP contribution in [-0.2, 0) is 5.41 Å². The summed E-state index contributed by atoms with van der Waals surface area (Å²) in [6.45, 7) is 8.01. The molecule has 11 aromatic carbocycles. The second kappa shape index (κ2) is 18.9. The minimum Gasteiger partial charge on any atom is -0.457 e. The van der Waals surface area contributed by atoms with Gasteiger partial charge in [0.1, 0.15) is 11.5 Å². The summed E-state index contributed by atoms with van der Waals surface area (Å²) in [5, 5.41) is 20.9. The topological polar surface area (TPSA) is 101 Å². The molecule has 2 aliphatic rings. The van der Waals surface area contributed by atoms with E-state index in [2.05, 4.69) is 264 Å². The van der Waals surface area contributed by atoms with Gasteiger partial charge >= 0.3 is 0 Å². The number of nitriles is 1. The van der Waals surface area contributed by atoms with E-state index in [1.807, 2.05) is 49.1 Å². The van der Waals surface area contributed by atoms with Gasteiger partial charge in [-0.15, -0.1) is 0 Å². The predicted octanol–water partition coefficient (Wildman–Crippen LogP) is 20.2. The van der Waals surface area contributed by atoms with Crippen LogP contribution in [0.1, 0.15) is 27.8 Å². The average molecular weight is 1210 g/mol. The molecule has 0 saturated heterocycles. The summed E-state index contributed by atoms with van der Waals surface area (Å²) in [6.07, 6.45) is 7.87. The van der Waals surface area contributed by atoms with E-state index in [4.69, 9.17) is 26.3 Å². The zero-order chi connectivity index (χ0) is 62.4. The Bertz CT molecular complexity index is 6480. The first kappa shape index (κ1) is 51.4. The van der Waals surface area contributed by atoms with Crippen LogP contribution in [-0.4, -0.2) is 37.8 Å². The Morgan fingerprint density at radius 3 is 1.20 bits per heavy atom. The van der Waals surface area contributed by atoms with Gasteiger partial charge in [-0.25, -0.2) is 4.85 Å². The van der Waals surface area contributed by atoms with Crippen LogP contribution in [0.2, 0.25) is 0 Å². The third-order valence-corrected chi connectivity index (χ3v) is 20.3. The Hall–Kier alpha value is -13.4. The maximum atomic E-state index is 9.99. The number of rotatable bonds is 5. The summed E-state index contributed by atoms with van der Waals surface area (Å²) >= 11 is 0. The average Bonchev–Trinajstić information content (AvgIpc) is 1.56. The Balaban J connectivity index is 0.850. The van der Waals surface area contributed by atoms with Crippen LogP contribution in [0.3, 0.4) is 0 Å². The minimum atomic E-state index is -1.08. The number of ether oxygens (including phenoxy) is 1. The van der Waals surface area contributed by atoms with Gasteiger partial charge in [-0.05, 0) is 121 Å². The van der Waals surface area contributed by atoms with Gasteiger partial charge in [0.2, 0.25) is 0 Å². The van der Waals surface area contributed by atoms with Crippen molar-refractivity contribution >= 4 is 115 Å². The highest BCUT2D eigenvalue weighted by molar-refractivity contribution is 6.15. The third-order valence-electron chi connectivity index (χ3n) is 20.3. The van der Waals surface area contributed by atoms with Crippen LogP contribution in [0.4, 0.5) is 5.69 Å². The fraction of sp³-hybridized carbons (Fsp3) is 0.0119. The quantitative estimate of drug-likeness (QED) is 0.160. The van der Waals surface area contributed by atoms with Crippen molar-refractivity contribution in [1.29, 1.82) is 5.26 Å². The van der Waals surface area contributed by atoms with E-state index in [0.717, 1.165) is 171 Å². The molecule has 0 bridgehead atoms. The van der Waals surface area contributed by atoms with E-state index in [9.17, 15) is 5.26 Å². The normalized spacial score (nSPS) is 13.0. The SMILES string of the molecule is [C-]#[N+]c1ccc2c(c1)c1ccccc1n2-c1ccc2c(c1)Oc1cc(-n3c4ccc(-n5c6ccccc6c6cc(C#N)ccc65)cc4c4ccncc43)ccc1C21c2cc(-n3c4ccccc4c4ccccc43)cnc2-c2ncc(-n3c4ccccc4c4ccccc43)cc21. The number of benzene rings is 11. The molecule has 21 rings (SSSR count). The lowest BCUT2D eigenvalue weighted by atomic mass is 9.66. The fourth-order valence-corrected chi connectivity index (χ4v) is 16.5. The summed E-state index contributed by atoms with van der Waals surface area (Å²) in [7, 11) is 0. The first-order valence-corrected chi connectivity index (χ1v) is 31.7. The summed E-state index contributed by atoms with van der Waals surface area (Å²) in [5.41, 5.74) is 20.6. The lowest BCUT2D eigenvalue weighted by Gasteiger charge is -2.39. The molecular weight excluding hydrogens is 1160 g/mol. The van der Waals surface area contributed by atoms with Crippen LogP contribution >= 0.6 is 0 Å². The van der Waals surface area contributed by atoms with E-state index >= 15 is 0 Å². The van der Waals surface area contributed by atoms with Crippen LogP contribution < -0.4 is 4.74 Å². The zero-order valence-electron chi connectivity index (χ0n) is 50.4. The number of hydrogen-bond acceptors (Lipinski definition) is 5. The highest BCUT2D eigenvalue weighted by Gasteiger charge is 2.53. The lowest BCUT2D eigenvalue weighted by Crippen LogP contribution is -2.32. The van der Waals surface area contributed by atoms with Gasteiger partial charge in [0.15, 0.2) is 5.69 Å². The number of nitrogens with zero attached hydrogens (tertiary/aromatic N) is 10. The molecule has 11 heteroatoms. The van der Waals surface area contributed by atoms with Crippen LogP contribution in [0.5, 0.6) is 11.5 Å². The van der Waals surface area contributed by atoms with Gasteiger partial charge in [-0.3, -0.25) is 15.0 Å². The van der Waals surface area contributed by atoms with Gasteiger partial charge in [-0.2, -0.15) is 5.26 Å². The molecule has 19 aromatic rings. The third kappa shape index (κ3) is 6.81. The Kier molecular flexibility index (Phi) is 10.2. The van der Waals surface area contributed by atoms with Crippen molar-refractivity contribution in [2.75, 3.05) is 0 Å². The van der Waals surface area contributed by atoms with Gasteiger partial charge in [-0.1, -0.05) is 127 Å². The van der Waals surface area contributed by atoms with E-state index in [1.165, 1.54) is 0 Å². The molecule has 438 valence electrons. The molecule has 0 fully saturated rings. The molecule has 0 radical (unpaired) electrons. The van der Waals surface area contributed by atoms with Crippen molar-refractivity contribution < 1.29 is 4.74 Å². The Labute approximate surface area is 541 Å². The molecule has 95 heavy (non-hydrogen) atoms. The number of fused-ring (bicyclic) bond motifs is 24. The van der Waals surface area contributed by atoms with Gasteiger partial charge < -0.3 is 27.6 Å². The molecule has 8 aromatic heterocycles. The first-order chi connectivity index (χ1) is 47.0. The van der Waals surface area contributed by atoms with Crippen LogP contribution in [0, 0.1) is 17.9 Å². The zero-order valence-corrected chi connectivity index (χ0v) is 50.4. The number of para-hydroxylation sites is 6. The van der Waals surface area contributed by atoms with E-state index in [1.54, 1.807) is 0 Å². The Morgan fingerprint density at radius 1 is 0.337 bits per heavy atom. The van der Waals surface area contributed by atoms with Crippen molar-refractivity contribution in [1.82, 2.24) is 37.8 Å². The molecule has 11 nitrogen and oxygen atoms in total. The number of pyridine rings is 3. The monoisotopic (exact) mass is 1210 g/mol. The second-order valence-electron chi connectivity index (χ2n) is 24.9. The van der Waals surface area contributed by atoms with Gasteiger partial charge in [0.25, 0.3) is 0 Å². The van der Waals surface area contributed by atoms with Crippen molar-refractivity contribution in [2.24, 2.45) is 0 Å². The molecule has 9 heterocycles. The summed E-state index contributed by atoms with van der Waals surface area (Å²) in [6, 6.07) is 92.6. The Morgan fingerprint density at radius 2 is 0.716 bits per heavy atom. The molecule has 1 spiro atoms. The second-order valence-corrected chi connectivity index (χ2v) is 24.9. The maximum Gasteiger partial charge on any atom is 0.188 e. The number of aromatic nitrogens is 8. The first-order valence-electron chi connectivity index (χ1n) is 31.7. The predicted molar refractivity (Wildman–Crippen MR) is 380 cm³/mol. The highest BCUT2D eigenvalue weighted by Crippen LogP contribution is 2.63. The van der Waals surface area contributed by atoms with Crippen LogP contribution in [0.15, 0.2) is 280 Å².